The van der Waals surface area contributed by atoms with E-state index < -0.39 is 6.04 Å². The Kier molecular flexibility index (Phi) is 5.43. The van der Waals surface area contributed by atoms with Gasteiger partial charge in [0.25, 0.3) is 0 Å². The molecule has 0 saturated heterocycles. The van der Waals surface area contributed by atoms with Crippen molar-refractivity contribution in [3.05, 3.63) is 27.7 Å². The van der Waals surface area contributed by atoms with E-state index in [1.807, 2.05) is 13.8 Å². The molecule has 0 aliphatic rings. The number of hydrogen-bond acceptors (Lipinski definition) is 2. The highest BCUT2D eigenvalue weighted by Crippen LogP contribution is 2.25. The van der Waals surface area contributed by atoms with Crippen LogP contribution in [0.25, 0.3) is 0 Å². The van der Waals surface area contributed by atoms with Crippen LogP contribution in [0.1, 0.15) is 20.3 Å². The van der Waals surface area contributed by atoms with Gasteiger partial charge in [-0.05, 0) is 46.5 Å². The highest BCUT2D eigenvalue weighted by Gasteiger charge is 2.15. The second kappa shape index (κ2) is 6.38. The summed E-state index contributed by atoms with van der Waals surface area (Å²) in [5.74, 6) is 0.223. The number of rotatable bonds is 4. The van der Waals surface area contributed by atoms with Crippen molar-refractivity contribution < 1.29 is 4.79 Å². The molecule has 0 saturated carbocycles. The first-order chi connectivity index (χ1) is 7.90. The van der Waals surface area contributed by atoms with Crippen LogP contribution in [0.5, 0.6) is 0 Å². The van der Waals surface area contributed by atoms with Crippen molar-refractivity contribution in [1.29, 1.82) is 0 Å². The average molecular weight is 320 g/mol. The van der Waals surface area contributed by atoms with E-state index in [1.54, 1.807) is 18.2 Å². The Morgan fingerprint density at radius 2 is 2.18 bits per heavy atom. The van der Waals surface area contributed by atoms with Gasteiger partial charge >= 0.3 is 0 Å². The summed E-state index contributed by atoms with van der Waals surface area (Å²) >= 11 is 9.16. The molecule has 0 spiro atoms. The van der Waals surface area contributed by atoms with E-state index in [0.29, 0.717) is 23.0 Å². The van der Waals surface area contributed by atoms with Crippen LogP contribution in [0.2, 0.25) is 5.02 Å². The molecule has 1 unspecified atom stereocenters. The first-order valence-corrected chi connectivity index (χ1v) is 6.58. The molecular weight excluding hydrogens is 304 g/mol. The Morgan fingerprint density at radius 1 is 1.53 bits per heavy atom. The van der Waals surface area contributed by atoms with Crippen molar-refractivity contribution in [2.24, 2.45) is 11.7 Å². The van der Waals surface area contributed by atoms with Gasteiger partial charge in [0.1, 0.15) is 0 Å². The molecule has 0 fully saturated rings. The molecule has 0 aliphatic heterocycles. The van der Waals surface area contributed by atoms with E-state index >= 15 is 0 Å². The third kappa shape index (κ3) is 4.66. The van der Waals surface area contributed by atoms with E-state index in [0.717, 1.165) is 4.47 Å². The van der Waals surface area contributed by atoms with Crippen molar-refractivity contribution in [3.63, 3.8) is 0 Å². The molecule has 17 heavy (non-hydrogen) atoms. The molecule has 5 heteroatoms. The van der Waals surface area contributed by atoms with Gasteiger partial charge in [-0.2, -0.15) is 0 Å². The maximum atomic E-state index is 11.8. The van der Waals surface area contributed by atoms with Gasteiger partial charge in [-0.3, -0.25) is 4.79 Å². The summed E-state index contributed by atoms with van der Waals surface area (Å²) in [4.78, 5) is 11.8. The number of nitrogens with two attached hydrogens (primary N) is 1. The normalized spacial score (nSPS) is 12.6. The number of halogens is 2. The second-order valence-electron chi connectivity index (χ2n) is 4.35. The van der Waals surface area contributed by atoms with Crippen LogP contribution < -0.4 is 11.1 Å². The largest absolute Gasteiger partial charge is 0.325 e. The maximum Gasteiger partial charge on any atom is 0.241 e. The summed E-state index contributed by atoms with van der Waals surface area (Å²) in [6.07, 6.45) is 0.667. The summed E-state index contributed by atoms with van der Waals surface area (Å²) in [5.41, 5.74) is 6.47. The number of hydrogen-bond donors (Lipinski definition) is 2. The van der Waals surface area contributed by atoms with Gasteiger partial charge in [0, 0.05) is 10.2 Å². The van der Waals surface area contributed by atoms with Gasteiger partial charge in [-0.25, -0.2) is 0 Å². The molecular formula is C12H16BrClN2O. The Hall–Kier alpha value is -0.580. The van der Waals surface area contributed by atoms with E-state index in [1.165, 1.54) is 0 Å². The summed E-state index contributed by atoms with van der Waals surface area (Å²) in [6.45, 7) is 4.07. The van der Waals surface area contributed by atoms with Crippen LogP contribution in [0.15, 0.2) is 22.7 Å². The van der Waals surface area contributed by atoms with E-state index in [9.17, 15) is 4.79 Å². The predicted molar refractivity (Wildman–Crippen MR) is 75.2 cm³/mol. The zero-order valence-corrected chi connectivity index (χ0v) is 12.2. The molecule has 1 amide bonds. The fraction of sp³-hybridized carbons (Fsp3) is 0.417. The van der Waals surface area contributed by atoms with Gasteiger partial charge in [0.15, 0.2) is 0 Å². The SMILES string of the molecule is CC(C)CC(N)C(=O)Nc1ccc(Cl)c(Br)c1. The third-order valence-corrected chi connectivity index (χ3v) is 3.46. The van der Waals surface area contributed by atoms with Crippen LogP contribution in [0.4, 0.5) is 5.69 Å². The lowest BCUT2D eigenvalue weighted by molar-refractivity contribution is -0.117. The first-order valence-electron chi connectivity index (χ1n) is 5.41. The van der Waals surface area contributed by atoms with Crippen LogP contribution in [0.3, 0.4) is 0 Å². The molecule has 94 valence electrons. The minimum atomic E-state index is -0.482. The Labute approximate surface area is 115 Å². The lowest BCUT2D eigenvalue weighted by atomic mass is 10.0. The fourth-order valence-corrected chi connectivity index (χ4v) is 1.92. The fourth-order valence-electron chi connectivity index (χ4n) is 1.42. The molecule has 1 aromatic carbocycles. The van der Waals surface area contributed by atoms with Crippen molar-refractivity contribution in [1.82, 2.24) is 0 Å². The van der Waals surface area contributed by atoms with Gasteiger partial charge < -0.3 is 11.1 Å². The van der Waals surface area contributed by atoms with Crippen LogP contribution in [0, 0.1) is 5.92 Å². The van der Waals surface area contributed by atoms with Crippen LogP contribution in [-0.2, 0) is 4.79 Å². The Balaban J connectivity index is 2.64. The second-order valence-corrected chi connectivity index (χ2v) is 5.62. The maximum absolute atomic E-state index is 11.8. The standard InChI is InChI=1S/C12H16BrClN2O/c1-7(2)5-11(15)12(17)16-8-3-4-10(14)9(13)6-8/h3-4,6-7,11H,5,15H2,1-2H3,(H,16,17). The monoisotopic (exact) mass is 318 g/mol. The average Bonchev–Trinajstić information content (AvgIpc) is 2.22. The smallest absolute Gasteiger partial charge is 0.241 e. The molecule has 3 nitrogen and oxygen atoms in total. The molecule has 1 rings (SSSR count). The number of anilines is 1. The number of amides is 1. The minimum absolute atomic E-state index is 0.173. The summed E-state index contributed by atoms with van der Waals surface area (Å²) in [7, 11) is 0. The molecule has 0 radical (unpaired) electrons. The topological polar surface area (TPSA) is 55.1 Å². The van der Waals surface area contributed by atoms with Gasteiger partial charge in [-0.1, -0.05) is 25.4 Å². The molecule has 3 N–H and O–H groups in total. The summed E-state index contributed by atoms with van der Waals surface area (Å²) < 4.78 is 0.745. The zero-order valence-electron chi connectivity index (χ0n) is 9.84. The van der Waals surface area contributed by atoms with Crippen LogP contribution >= 0.6 is 27.5 Å². The molecule has 1 atom stereocenters. The molecule has 1 aromatic rings. The van der Waals surface area contributed by atoms with Crippen molar-refractivity contribution in [3.8, 4) is 0 Å². The van der Waals surface area contributed by atoms with E-state index in [2.05, 4.69) is 21.2 Å². The Morgan fingerprint density at radius 3 is 2.71 bits per heavy atom. The van der Waals surface area contributed by atoms with Gasteiger partial charge in [-0.15, -0.1) is 0 Å². The summed E-state index contributed by atoms with van der Waals surface area (Å²) in [6, 6.07) is 4.73. The number of carbonyl (C=O) groups excluding carboxylic acids is 1. The number of carbonyl (C=O) groups is 1. The van der Waals surface area contributed by atoms with E-state index in [4.69, 9.17) is 17.3 Å². The molecule has 0 bridgehead atoms. The lowest BCUT2D eigenvalue weighted by Crippen LogP contribution is -2.36. The third-order valence-electron chi connectivity index (χ3n) is 2.25. The van der Waals surface area contributed by atoms with E-state index in [-0.39, 0.29) is 5.91 Å². The lowest BCUT2D eigenvalue weighted by Gasteiger charge is -2.14. The Bertz CT molecular complexity index is 409. The molecule has 0 heterocycles. The van der Waals surface area contributed by atoms with Crippen LogP contribution in [-0.4, -0.2) is 11.9 Å². The number of nitrogens with one attached hydrogen (secondary N) is 1. The highest BCUT2D eigenvalue weighted by atomic mass is 79.9. The van der Waals surface area contributed by atoms with Crippen molar-refractivity contribution in [2.75, 3.05) is 5.32 Å². The van der Waals surface area contributed by atoms with Gasteiger partial charge in [0.2, 0.25) is 5.91 Å². The quantitative estimate of drug-likeness (QED) is 0.893. The molecule has 0 aromatic heterocycles. The van der Waals surface area contributed by atoms with Gasteiger partial charge in [0.05, 0.1) is 11.1 Å². The molecule has 0 aliphatic carbocycles. The minimum Gasteiger partial charge on any atom is -0.325 e. The summed E-state index contributed by atoms with van der Waals surface area (Å²) in [5, 5.41) is 3.37. The number of benzene rings is 1. The van der Waals surface area contributed by atoms with Crippen molar-refractivity contribution >= 4 is 39.1 Å². The van der Waals surface area contributed by atoms with Crippen molar-refractivity contribution in [2.45, 2.75) is 26.3 Å². The first kappa shape index (κ1) is 14.5. The predicted octanol–water partition coefficient (Wildman–Crippen LogP) is 3.41. The highest BCUT2D eigenvalue weighted by molar-refractivity contribution is 9.10. The zero-order chi connectivity index (χ0) is 13.0.